The molecule has 1 fully saturated rings. The number of carbonyl (C=O) groups excluding carboxylic acids is 2. The van der Waals surface area contributed by atoms with Crippen LogP contribution in [0.5, 0.6) is 0 Å². The van der Waals surface area contributed by atoms with Gasteiger partial charge in [-0.3, -0.25) is 19.4 Å². The van der Waals surface area contributed by atoms with Gasteiger partial charge in [0.1, 0.15) is 6.61 Å². The Bertz CT molecular complexity index is 1510. The predicted octanol–water partition coefficient (Wildman–Crippen LogP) is 4.37. The number of amides is 2. The lowest BCUT2D eigenvalue weighted by molar-refractivity contribution is -0.138. The van der Waals surface area contributed by atoms with Crippen LogP contribution in [0.4, 0.5) is 0 Å². The molecule has 12 heteroatoms. The van der Waals surface area contributed by atoms with E-state index in [1.807, 2.05) is 6.07 Å². The maximum absolute atomic E-state index is 14.2. The Kier molecular flexibility index (Phi) is 10.8. The molecule has 9 nitrogen and oxygen atoms in total. The second-order valence-corrected chi connectivity index (χ2v) is 13.0. The van der Waals surface area contributed by atoms with Gasteiger partial charge in [-0.05, 0) is 42.7 Å². The van der Waals surface area contributed by atoms with Crippen LogP contribution in [0, 0.1) is 12.3 Å². The van der Waals surface area contributed by atoms with Crippen LogP contribution >= 0.6 is 23.2 Å². The number of hydroxylamine groups is 1. The topological polar surface area (TPSA) is 118 Å². The number of hydrogen-bond acceptors (Lipinski definition) is 6. The third-order valence-corrected chi connectivity index (χ3v) is 8.49. The first-order valence-corrected chi connectivity index (χ1v) is 16.1. The van der Waals surface area contributed by atoms with Gasteiger partial charge in [0.15, 0.2) is 0 Å². The van der Waals surface area contributed by atoms with Crippen molar-refractivity contribution in [1.29, 1.82) is 0 Å². The highest BCUT2D eigenvalue weighted by Crippen LogP contribution is 2.41. The number of sulfonamides is 1. The van der Waals surface area contributed by atoms with Crippen LogP contribution in [-0.4, -0.2) is 54.5 Å². The Morgan fingerprint density at radius 3 is 2.64 bits per heavy atom. The molecule has 2 aromatic rings. The number of nitrogens with one attached hydrogen (secondary N) is 2. The number of pyridine rings is 1. The summed E-state index contributed by atoms with van der Waals surface area (Å²) in [5.74, 6) is 0.637. The van der Waals surface area contributed by atoms with Gasteiger partial charge in [-0.15, -0.1) is 6.42 Å². The molecule has 1 saturated carbocycles. The summed E-state index contributed by atoms with van der Waals surface area (Å²) < 4.78 is 27.3. The molecular weight excluding hydrogens is 599 g/mol. The Hall–Kier alpha value is -3.20. The van der Waals surface area contributed by atoms with E-state index in [0.717, 1.165) is 19.1 Å². The monoisotopic (exact) mass is 630 g/mol. The summed E-state index contributed by atoms with van der Waals surface area (Å²) in [5, 5.41) is 0.481. The lowest BCUT2D eigenvalue weighted by atomic mass is 9.78. The molecule has 2 heterocycles. The molecule has 0 radical (unpaired) electrons. The smallest absolute Gasteiger partial charge is 0.254 e. The van der Waals surface area contributed by atoms with Gasteiger partial charge in [0.2, 0.25) is 10.0 Å². The van der Waals surface area contributed by atoms with Crippen molar-refractivity contribution < 1.29 is 22.8 Å². The van der Waals surface area contributed by atoms with Crippen molar-refractivity contribution in [3.8, 4) is 12.3 Å². The molecule has 4 rings (SSSR count). The minimum absolute atomic E-state index is 0.0321. The SMILES string of the molecule is C#C/C=C(Cl)\C=C(\Cl)C[C@H]1[C@H](C(=O)NOCc2ccccn2)c2ccccc2C(=O)N1[C@H]1CCCC[C@@H]1NS(C)(=O)=O. The summed E-state index contributed by atoms with van der Waals surface area (Å²) >= 11 is 12.9. The van der Waals surface area contributed by atoms with E-state index >= 15 is 0 Å². The Morgan fingerprint density at radius 1 is 1.19 bits per heavy atom. The summed E-state index contributed by atoms with van der Waals surface area (Å²) in [6.45, 7) is 0.0321. The van der Waals surface area contributed by atoms with Gasteiger partial charge >= 0.3 is 0 Å². The maximum atomic E-state index is 14.2. The lowest BCUT2D eigenvalue weighted by Gasteiger charge is -2.48. The molecular formula is C30H32Cl2N4O5S. The van der Waals surface area contributed by atoms with Crippen LogP contribution in [-0.2, 0) is 26.3 Å². The fourth-order valence-corrected chi connectivity index (χ4v) is 7.01. The van der Waals surface area contributed by atoms with Gasteiger partial charge in [0, 0.05) is 41.4 Å². The first-order chi connectivity index (χ1) is 20.1. The first kappa shape index (κ1) is 31.7. The summed E-state index contributed by atoms with van der Waals surface area (Å²) in [6, 6.07) is 10.4. The number of halogens is 2. The molecule has 0 spiro atoms. The number of carbonyl (C=O) groups is 2. The first-order valence-electron chi connectivity index (χ1n) is 13.5. The summed E-state index contributed by atoms with van der Waals surface area (Å²) in [6.07, 6.45) is 13.6. The number of allylic oxidation sites excluding steroid dienone is 3. The van der Waals surface area contributed by atoms with Crippen molar-refractivity contribution in [2.45, 2.75) is 62.8 Å². The lowest BCUT2D eigenvalue weighted by Crippen LogP contribution is -2.62. The highest BCUT2D eigenvalue weighted by atomic mass is 35.5. The molecule has 1 aromatic heterocycles. The number of aromatic nitrogens is 1. The van der Waals surface area contributed by atoms with Crippen molar-refractivity contribution in [1.82, 2.24) is 20.1 Å². The van der Waals surface area contributed by atoms with Crippen LogP contribution in [0.3, 0.4) is 0 Å². The molecule has 1 aromatic carbocycles. The number of benzene rings is 1. The number of nitrogens with zero attached hydrogens (tertiary/aromatic N) is 2. The summed E-state index contributed by atoms with van der Waals surface area (Å²) in [4.78, 5) is 39.4. The van der Waals surface area contributed by atoms with E-state index in [9.17, 15) is 18.0 Å². The zero-order chi connectivity index (χ0) is 30.3. The molecule has 2 amide bonds. The summed E-state index contributed by atoms with van der Waals surface area (Å²) in [5.41, 5.74) is 4.03. The van der Waals surface area contributed by atoms with Crippen molar-refractivity contribution in [3.05, 3.63) is 87.7 Å². The fraction of sp³-hybridized carbons (Fsp3) is 0.367. The van der Waals surface area contributed by atoms with Crippen molar-refractivity contribution >= 4 is 45.0 Å². The molecule has 42 heavy (non-hydrogen) atoms. The average molecular weight is 632 g/mol. The minimum Gasteiger partial charge on any atom is -0.330 e. The molecule has 1 aliphatic heterocycles. The third kappa shape index (κ3) is 8.00. The van der Waals surface area contributed by atoms with Gasteiger partial charge in [0.05, 0.1) is 28.9 Å². The van der Waals surface area contributed by atoms with E-state index in [1.54, 1.807) is 47.5 Å². The van der Waals surface area contributed by atoms with E-state index in [2.05, 4.69) is 21.1 Å². The second-order valence-electron chi connectivity index (χ2n) is 10.3. The van der Waals surface area contributed by atoms with E-state index in [4.69, 9.17) is 34.5 Å². The van der Waals surface area contributed by atoms with Crippen LogP contribution in [0.15, 0.2) is 70.9 Å². The quantitative estimate of drug-likeness (QED) is 0.229. The summed E-state index contributed by atoms with van der Waals surface area (Å²) in [7, 11) is -3.58. The molecule has 2 aliphatic rings. The molecule has 0 unspecified atom stereocenters. The second kappa shape index (κ2) is 14.3. The molecule has 4 atom stereocenters. The van der Waals surface area contributed by atoms with E-state index in [0.29, 0.717) is 29.7 Å². The highest BCUT2D eigenvalue weighted by molar-refractivity contribution is 7.88. The van der Waals surface area contributed by atoms with E-state index in [-0.39, 0.29) is 29.0 Å². The molecule has 0 bridgehead atoms. The van der Waals surface area contributed by atoms with Crippen molar-refractivity contribution in [3.63, 3.8) is 0 Å². The predicted molar refractivity (Wildman–Crippen MR) is 162 cm³/mol. The van der Waals surface area contributed by atoms with Crippen molar-refractivity contribution in [2.75, 3.05) is 6.26 Å². The van der Waals surface area contributed by atoms with Gasteiger partial charge in [-0.2, -0.15) is 0 Å². The molecule has 2 N–H and O–H groups in total. The molecule has 0 saturated heterocycles. The molecule has 222 valence electrons. The van der Waals surface area contributed by atoms with Crippen LogP contribution in [0.2, 0.25) is 0 Å². The number of fused-ring (bicyclic) bond motifs is 1. The van der Waals surface area contributed by atoms with Crippen LogP contribution in [0.25, 0.3) is 0 Å². The Balaban J connectivity index is 1.76. The minimum atomic E-state index is -3.58. The molecule has 1 aliphatic carbocycles. The normalized spacial score (nSPS) is 23.2. The van der Waals surface area contributed by atoms with Gasteiger partial charge < -0.3 is 4.90 Å². The van der Waals surface area contributed by atoms with Crippen molar-refractivity contribution in [2.24, 2.45) is 0 Å². The average Bonchev–Trinajstić information content (AvgIpc) is 2.94. The number of rotatable bonds is 10. The number of terminal acetylenes is 1. The number of hydrogen-bond donors (Lipinski definition) is 2. The van der Waals surface area contributed by atoms with Crippen LogP contribution in [0.1, 0.15) is 59.6 Å². The zero-order valence-electron chi connectivity index (χ0n) is 23.0. The van der Waals surface area contributed by atoms with Crippen LogP contribution < -0.4 is 10.2 Å². The van der Waals surface area contributed by atoms with E-state index in [1.165, 1.54) is 12.2 Å². The Labute approximate surface area is 256 Å². The third-order valence-electron chi connectivity index (χ3n) is 7.28. The maximum Gasteiger partial charge on any atom is 0.254 e. The standard InChI is InChI=1S/C30H32Cl2N4O5S/c1-3-10-20(31)17-21(32)18-27-28(29(37)34-41-19-22-11-8-9-16-33-22)23-12-4-5-13-24(23)30(38)36(27)26-15-7-6-14-25(26)35-42(2,39)40/h1,4-5,8-13,16-17,25-28,35H,6-7,14-15,18-19H2,2H3,(H,34,37)/b20-10+,21-17+/t25-,26-,27-,28+/m0/s1. The largest absolute Gasteiger partial charge is 0.330 e. The Morgan fingerprint density at radius 2 is 1.93 bits per heavy atom. The highest BCUT2D eigenvalue weighted by Gasteiger charge is 2.48. The van der Waals surface area contributed by atoms with Gasteiger partial charge in [-0.1, -0.05) is 66.2 Å². The van der Waals surface area contributed by atoms with Gasteiger partial charge in [0.25, 0.3) is 11.8 Å². The fourth-order valence-electron chi connectivity index (χ4n) is 5.66. The van der Waals surface area contributed by atoms with Gasteiger partial charge in [-0.25, -0.2) is 18.6 Å². The zero-order valence-corrected chi connectivity index (χ0v) is 25.3. The van der Waals surface area contributed by atoms with E-state index < -0.39 is 40.0 Å².